The minimum atomic E-state index is -0.301. The standard InChI is InChI=1S/C15H21FN2O2/c1-18(9-11-6-13(19)7-11)10-15(20)17-8-12-4-2-3-5-14(12)16/h2-5,11,13,19H,6-10H2,1H3,(H,17,20). The van der Waals surface area contributed by atoms with Gasteiger partial charge in [0, 0.05) is 18.7 Å². The average Bonchev–Trinajstić information content (AvgIpc) is 2.36. The topological polar surface area (TPSA) is 52.6 Å². The number of hydrogen-bond donors (Lipinski definition) is 2. The highest BCUT2D eigenvalue weighted by Crippen LogP contribution is 2.27. The quantitative estimate of drug-likeness (QED) is 0.822. The van der Waals surface area contributed by atoms with Crippen molar-refractivity contribution in [3.05, 3.63) is 35.6 Å². The summed E-state index contributed by atoms with van der Waals surface area (Å²) in [6.07, 6.45) is 1.48. The van der Waals surface area contributed by atoms with E-state index in [0.717, 1.165) is 19.4 Å². The molecule has 4 nitrogen and oxygen atoms in total. The first-order valence-corrected chi connectivity index (χ1v) is 6.91. The van der Waals surface area contributed by atoms with Gasteiger partial charge in [0.1, 0.15) is 5.82 Å². The molecule has 1 fully saturated rings. The van der Waals surface area contributed by atoms with E-state index in [9.17, 15) is 14.3 Å². The molecule has 1 amide bonds. The molecular weight excluding hydrogens is 259 g/mol. The summed E-state index contributed by atoms with van der Waals surface area (Å²) in [5.74, 6) is 0.0644. The van der Waals surface area contributed by atoms with Crippen molar-refractivity contribution < 1.29 is 14.3 Å². The third-order valence-electron chi connectivity index (χ3n) is 3.63. The average molecular weight is 280 g/mol. The number of rotatable bonds is 6. The monoisotopic (exact) mass is 280 g/mol. The number of amides is 1. The highest BCUT2D eigenvalue weighted by Gasteiger charge is 2.28. The van der Waals surface area contributed by atoms with Gasteiger partial charge in [-0.3, -0.25) is 9.69 Å². The molecule has 0 radical (unpaired) electrons. The molecule has 5 heteroatoms. The van der Waals surface area contributed by atoms with Gasteiger partial charge in [-0.15, -0.1) is 0 Å². The van der Waals surface area contributed by atoms with E-state index in [1.165, 1.54) is 6.07 Å². The van der Waals surface area contributed by atoms with Crippen LogP contribution in [0.3, 0.4) is 0 Å². The number of aliphatic hydroxyl groups excluding tert-OH is 1. The maximum Gasteiger partial charge on any atom is 0.234 e. The molecular formula is C15H21FN2O2. The molecule has 0 saturated heterocycles. The Labute approximate surface area is 118 Å². The Balaban J connectivity index is 1.68. The molecule has 110 valence electrons. The minimum absolute atomic E-state index is 0.115. The van der Waals surface area contributed by atoms with Crippen molar-refractivity contribution >= 4 is 5.91 Å². The van der Waals surface area contributed by atoms with Gasteiger partial charge < -0.3 is 10.4 Å². The first kappa shape index (κ1) is 14.9. The number of carbonyl (C=O) groups excluding carboxylic acids is 1. The Morgan fingerprint density at radius 1 is 1.45 bits per heavy atom. The molecule has 20 heavy (non-hydrogen) atoms. The van der Waals surface area contributed by atoms with Gasteiger partial charge in [0.25, 0.3) is 0 Å². The van der Waals surface area contributed by atoms with E-state index in [4.69, 9.17) is 0 Å². The minimum Gasteiger partial charge on any atom is -0.393 e. The lowest BCUT2D eigenvalue weighted by Gasteiger charge is -2.34. The zero-order chi connectivity index (χ0) is 14.5. The van der Waals surface area contributed by atoms with Crippen molar-refractivity contribution in [1.82, 2.24) is 10.2 Å². The van der Waals surface area contributed by atoms with Crippen LogP contribution < -0.4 is 5.32 Å². The van der Waals surface area contributed by atoms with Crippen LogP contribution in [-0.2, 0) is 11.3 Å². The molecule has 1 aromatic rings. The lowest BCUT2D eigenvalue weighted by molar-refractivity contribution is -0.122. The van der Waals surface area contributed by atoms with Crippen LogP contribution in [0, 0.1) is 11.7 Å². The van der Waals surface area contributed by atoms with E-state index in [-0.39, 0.29) is 24.4 Å². The van der Waals surface area contributed by atoms with Gasteiger partial charge in [-0.25, -0.2) is 4.39 Å². The van der Waals surface area contributed by atoms with E-state index >= 15 is 0 Å². The fourth-order valence-electron chi connectivity index (χ4n) is 2.49. The summed E-state index contributed by atoms with van der Waals surface area (Å²) in [6.45, 7) is 1.31. The Hall–Kier alpha value is -1.46. The van der Waals surface area contributed by atoms with Crippen molar-refractivity contribution in [3.63, 3.8) is 0 Å². The van der Waals surface area contributed by atoms with Crippen molar-refractivity contribution in [2.24, 2.45) is 5.92 Å². The second kappa shape index (κ2) is 6.81. The van der Waals surface area contributed by atoms with Crippen molar-refractivity contribution in [2.45, 2.75) is 25.5 Å². The summed E-state index contributed by atoms with van der Waals surface area (Å²) in [5, 5.41) is 11.9. The summed E-state index contributed by atoms with van der Waals surface area (Å²) in [7, 11) is 1.88. The Bertz CT molecular complexity index is 461. The molecule has 0 bridgehead atoms. The molecule has 0 spiro atoms. The molecule has 2 N–H and O–H groups in total. The van der Waals surface area contributed by atoms with Crippen LogP contribution in [0.1, 0.15) is 18.4 Å². The number of hydrogen-bond acceptors (Lipinski definition) is 3. The normalized spacial score (nSPS) is 21.6. The first-order chi connectivity index (χ1) is 9.54. The van der Waals surface area contributed by atoms with Gasteiger partial charge in [0.05, 0.1) is 12.6 Å². The lowest BCUT2D eigenvalue weighted by Crippen LogP contribution is -2.41. The molecule has 0 heterocycles. The predicted octanol–water partition coefficient (Wildman–Crippen LogP) is 1.14. The maximum atomic E-state index is 13.4. The van der Waals surface area contributed by atoms with Crippen LogP contribution in [0.4, 0.5) is 4.39 Å². The van der Waals surface area contributed by atoms with Crippen LogP contribution in [0.2, 0.25) is 0 Å². The van der Waals surface area contributed by atoms with Crippen molar-refractivity contribution in [3.8, 4) is 0 Å². The highest BCUT2D eigenvalue weighted by atomic mass is 19.1. The van der Waals surface area contributed by atoms with Crippen LogP contribution in [0.5, 0.6) is 0 Å². The zero-order valence-electron chi connectivity index (χ0n) is 11.7. The second-order valence-corrected chi connectivity index (χ2v) is 5.56. The van der Waals surface area contributed by atoms with E-state index in [1.807, 2.05) is 11.9 Å². The summed E-state index contributed by atoms with van der Waals surface area (Å²) < 4.78 is 13.4. The Kier molecular flexibility index (Phi) is 5.09. The largest absolute Gasteiger partial charge is 0.393 e. The predicted molar refractivity (Wildman–Crippen MR) is 74.5 cm³/mol. The zero-order valence-corrected chi connectivity index (χ0v) is 11.7. The van der Waals surface area contributed by atoms with E-state index in [0.29, 0.717) is 18.0 Å². The number of aliphatic hydroxyl groups is 1. The summed E-state index contributed by atoms with van der Waals surface area (Å²) >= 11 is 0. The molecule has 0 aliphatic heterocycles. The van der Waals surface area contributed by atoms with Gasteiger partial charge in [0.2, 0.25) is 5.91 Å². The number of nitrogens with zero attached hydrogens (tertiary/aromatic N) is 1. The summed E-state index contributed by atoms with van der Waals surface area (Å²) in [5.41, 5.74) is 0.491. The molecule has 2 rings (SSSR count). The molecule has 1 aromatic carbocycles. The second-order valence-electron chi connectivity index (χ2n) is 5.56. The highest BCUT2D eigenvalue weighted by molar-refractivity contribution is 5.77. The molecule has 0 aromatic heterocycles. The SMILES string of the molecule is CN(CC(=O)NCc1ccccc1F)CC1CC(O)C1. The van der Waals surface area contributed by atoms with Gasteiger partial charge in [-0.2, -0.15) is 0 Å². The molecule has 1 saturated carbocycles. The van der Waals surface area contributed by atoms with Crippen LogP contribution >= 0.6 is 0 Å². The maximum absolute atomic E-state index is 13.4. The van der Waals surface area contributed by atoms with Crippen molar-refractivity contribution in [1.29, 1.82) is 0 Å². The number of carbonyl (C=O) groups is 1. The molecule has 1 aliphatic carbocycles. The Morgan fingerprint density at radius 2 is 2.15 bits per heavy atom. The van der Waals surface area contributed by atoms with Crippen LogP contribution in [0.15, 0.2) is 24.3 Å². The lowest BCUT2D eigenvalue weighted by atomic mass is 9.82. The number of likely N-dealkylation sites (N-methyl/N-ethyl adjacent to an activating group) is 1. The van der Waals surface area contributed by atoms with Crippen LogP contribution in [-0.4, -0.2) is 42.2 Å². The number of nitrogens with one attached hydrogen (secondary N) is 1. The van der Waals surface area contributed by atoms with E-state index in [1.54, 1.807) is 18.2 Å². The number of halogens is 1. The molecule has 0 unspecified atom stereocenters. The molecule has 0 atom stereocenters. The van der Waals surface area contributed by atoms with Crippen molar-refractivity contribution in [2.75, 3.05) is 20.1 Å². The smallest absolute Gasteiger partial charge is 0.234 e. The summed E-state index contributed by atoms with van der Waals surface area (Å²) in [6, 6.07) is 6.42. The van der Waals surface area contributed by atoms with E-state index in [2.05, 4.69) is 5.32 Å². The number of benzene rings is 1. The van der Waals surface area contributed by atoms with Gasteiger partial charge in [-0.1, -0.05) is 18.2 Å². The van der Waals surface area contributed by atoms with E-state index < -0.39 is 0 Å². The van der Waals surface area contributed by atoms with Gasteiger partial charge in [0.15, 0.2) is 0 Å². The Morgan fingerprint density at radius 3 is 2.80 bits per heavy atom. The van der Waals surface area contributed by atoms with Gasteiger partial charge in [-0.05, 0) is 31.9 Å². The first-order valence-electron chi connectivity index (χ1n) is 6.91. The van der Waals surface area contributed by atoms with Gasteiger partial charge >= 0.3 is 0 Å². The third-order valence-corrected chi connectivity index (χ3v) is 3.63. The third kappa shape index (κ3) is 4.28. The fraction of sp³-hybridized carbons (Fsp3) is 0.533. The fourth-order valence-corrected chi connectivity index (χ4v) is 2.49. The molecule has 1 aliphatic rings. The summed E-state index contributed by atoms with van der Waals surface area (Å²) in [4.78, 5) is 13.7. The van der Waals surface area contributed by atoms with Crippen LogP contribution in [0.25, 0.3) is 0 Å².